The van der Waals surface area contributed by atoms with Crippen LogP contribution in [0, 0.1) is 0 Å². The zero-order chi connectivity index (χ0) is 17.2. The minimum absolute atomic E-state index is 0.338. The van der Waals surface area contributed by atoms with E-state index < -0.39 is 0 Å². The number of hydrogen-bond acceptors (Lipinski definition) is 4. The second kappa shape index (κ2) is 6.62. The van der Waals surface area contributed by atoms with Gasteiger partial charge in [0, 0.05) is 11.1 Å². The van der Waals surface area contributed by atoms with E-state index in [0.29, 0.717) is 15.8 Å². The van der Waals surface area contributed by atoms with Crippen LogP contribution in [0.25, 0.3) is 33.4 Å². The fourth-order valence-corrected chi connectivity index (χ4v) is 2.99. The summed E-state index contributed by atoms with van der Waals surface area (Å²) < 4.78 is 0.338. The van der Waals surface area contributed by atoms with E-state index in [0.717, 1.165) is 27.8 Å². The molecule has 2 heterocycles. The third-order valence-electron chi connectivity index (χ3n) is 3.82. The monoisotopic (exact) mass is 363 g/mol. The first kappa shape index (κ1) is 15.7. The molecule has 122 valence electrons. The minimum Gasteiger partial charge on any atom is -0.324 e. The van der Waals surface area contributed by atoms with Gasteiger partial charge in [0.25, 0.3) is 0 Å². The van der Waals surface area contributed by atoms with Crippen molar-refractivity contribution < 1.29 is 0 Å². The Morgan fingerprint density at radius 2 is 1.56 bits per heavy atom. The number of fused-ring (bicyclic) bond motifs is 1. The van der Waals surface area contributed by atoms with Gasteiger partial charge in [0.05, 0.1) is 5.39 Å². The average molecular weight is 363 g/mol. The van der Waals surface area contributed by atoms with Gasteiger partial charge in [-0.2, -0.15) is 5.10 Å². The Morgan fingerprint density at radius 1 is 0.920 bits per heavy atom. The number of thiol groups is 1. The third kappa shape index (κ3) is 2.99. The molecule has 0 radical (unpaired) electrons. The average Bonchev–Trinajstić information content (AvgIpc) is 3.05. The second-order valence-corrected chi connectivity index (χ2v) is 6.54. The summed E-state index contributed by atoms with van der Waals surface area (Å²) in [4.78, 5) is 0. The summed E-state index contributed by atoms with van der Waals surface area (Å²) in [6, 6.07) is 20.0. The van der Waals surface area contributed by atoms with E-state index in [-0.39, 0.29) is 0 Å². The van der Waals surface area contributed by atoms with E-state index in [2.05, 4.69) is 38.3 Å². The molecule has 7 heteroatoms. The molecule has 0 aliphatic carbocycles. The molecule has 0 amide bonds. The van der Waals surface area contributed by atoms with Crippen LogP contribution in [-0.2, 0) is 0 Å². The van der Waals surface area contributed by atoms with Gasteiger partial charge < -0.3 is 5.32 Å². The SMILES string of the molecule is S=C(S)Nc1n[nH]c2nnc(-c3ccccc3)c(-c3ccccc3)c12. The lowest BCUT2D eigenvalue weighted by atomic mass is 9.97. The van der Waals surface area contributed by atoms with Crippen molar-refractivity contribution in [3.8, 4) is 22.4 Å². The van der Waals surface area contributed by atoms with E-state index in [4.69, 9.17) is 12.2 Å². The van der Waals surface area contributed by atoms with Crippen LogP contribution in [0.1, 0.15) is 0 Å². The van der Waals surface area contributed by atoms with Crippen molar-refractivity contribution >= 4 is 46.0 Å². The number of thiocarbonyl (C=S) groups is 1. The molecule has 2 aromatic heterocycles. The van der Waals surface area contributed by atoms with Crippen molar-refractivity contribution in [2.45, 2.75) is 0 Å². The molecule has 2 aromatic carbocycles. The summed E-state index contributed by atoms with van der Waals surface area (Å²) in [5.74, 6) is 0.584. The highest BCUT2D eigenvalue weighted by Gasteiger charge is 2.19. The Hall–Kier alpha value is -2.77. The van der Waals surface area contributed by atoms with Crippen LogP contribution in [0.5, 0.6) is 0 Å². The lowest BCUT2D eigenvalue weighted by Crippen LogP contribution is -2.02. The van der Waals surface area contributed by atoms with Gasteiger partial charge in [-0.05, 0) is 5.56 Å². The molecule has 0 bridgehead atoms. The molecule has 0 saturated heterocycles. The predicted molar refractivity (Wildman–Crippen MR) is 108 cm³/mol. The molecule has 0 unspecified atom stereocenters. The van der Waals surface area contributed by atoms with Gasteiger partial charge >= 0.3 is 0 Å². The maximum absolute atomic E-state index is 5.06. The van der Waals surface area contributed by atoms with Crippen LogP contribution in [-0.4, -0.2) is 24.7 Å². The van der Waals surface area contributed by atoms with Crippen molar-refractivity contribution in [1.29, 1.82) is 0 Å². The Kier molecular flexibility index (Phi) is 4.17. The lowest BCUT2D eigenvalue weighted by Gasteiger charge is -2.11. The fourth-order valence-electron chi connectivity index (χ4n) is 2.79. The van der Waals surface area contributed by atoms with E-state index in [1.54, 1.807) is 0 Å². The molecular weight excluding hydrogens is 350 g/mol. The zero-order valence-corrected chi connectivity index (χ0v) is 14.7. The number of H-pyrrole nitrogens is 1. The summed E-state index contributed by atoms with van der Waals surface area (Å²) >= 11 is 9.21. The summed E-state index contributed by atoms with van der Waals surface area (Å²) in [6.07, 6.45) is 0. The zero-order valence-electron chi connectivity index (χ0n) is 13.0. The topological polar surface area (TPSA) is 66.5 Å². The van der Waals surface area contributed by atoms with Crippen LogP contribution < -0.4 is 5.32 Å². The van der Waals surface area contributed by atoms with Crippen molar-refractivity contribution in [1.82, 2.24) is 20.4 Å². The molecule has 5 nitrogen and oxygen atoms in total. The predicted octanol–water partition coefficient (Wildman–Crippen LogP) is 4.31. The number of nitrogens with zero attached hydrogens (tertiary/aromatic N) is 3. The van der Waals surface area contributed by atoms with Crippen LogP contribution in [0.3, 0.4) is 0 Å². The van der Waals surface area contributed by atoms with Gasteiger partial charge in [0.15, 0.2) is 11.5 Å². The van der Waals surface area contributed by atoms with E-state index in [1.165, 1.54) is 0 Å². The maximum atomic E-state index is 5.06. The smallest absolute Gasteiger partial charge is 0.180 e. The summed E-state index contributed by atoms with van der Waals surface area (Å²) in [6.45, 7) is 0. The van der Waals surface area contributed by atoms with Crippen LogP contribution >= 0.6 is 24.8 Å². The summed E-state index contributed by atoms with van der Waals surface area (Å²) in [7, 11) is 0. The molecular formula is C18H13N5S2. The van der Waals surface area contributed by atoms with Crippen LogP contribution in [0.4, 0.5) is 5.82 Å². The molecule has 0 aliphatic rings. The van der Waals surface area contributed by atoms with Crippen LogP contribution in [0.2, 0.25) is 0 Å². The summed E-state index contributed by atoms with van der Waals surface area (Å²) in [5, 5.41) is 19.8. The molecule has 0 saturated carbocycles. The molecule has 0 spiro atoms. The second-order valence-electron chi connectivity index (χ2n) is 5.38. The van der Waals surface area contributed by atoms with Crippen molar-refractivity contribution in [2.75, 3.05) is 5.32 Å². The minimum atomic E-state index is 0.338. The molecule has 0 atom stereocenters. The number of aromatic amines is 1. The van der Waals surface area contributed by atoms with E-state index >= 15 is 0 Å². The number of nitrogens with one attached hydrogen (secondary N) is 2. The number of anilines is 1. The van der Waals surface area contributed by atoms with E-state index in [9.17, 15) is 0 Å². The number of hydrogen-bond donors (Lipinski definition) is 3. The maximum Gasteiger partial charge on any atom is 0.180 e. The van der Waals surface area contributed by atoms with Gasteiger partial charge in [-0.3, -0.25) is 5.10 Å². The molecule has 2 N–H and O–H groups in total. The Labute approximate surface area is 154 Å². The first-order chi connectivity index (χ1) is 12.2. The van der Waals surface area contributed by atoms with Gasteiger partial charge in [0.1, 0.15) is 10.0 Å². The highest BCUT2D eigenvalue weighted by molar-refractivity contribution is 8.11. The summed E-state index contributed by atoms with van der Waals surface area (Å²) in [5.41, 5.74) is 4.32. The largest absolute Gasteiger partial charge is 0.324 e. The molecule has 0 aliphatic heterocycles. The number of aromatic nitrogens is 4. The Morgan fingerprint density at radius 3 is 2.20 bits per heavy atom. The van der Waals surface area contributed by atoms with Gasteiger partial charge in [-0.1, -0.05) is 72.9 Å². The fraction of sp³-hybridized carbons (Fsp3) is 0. The molecule has 0 fully saturated rings. The van der Waals surface area contributed by atoms with Crippen molar-refractivity contribution in [3.63, 3.8) is 0 Å². The van der Waals surface area contributed by atoms with Crippen molar-refractivity contribution in [2.24, 2.45) is 0 Å². The first-order valence-electron chi connectivity index (χ1n) is 7.59. The normalized spacial score (nSPS) is 10.8. The van der Waals surface area contributed by atoms with Crippen LogP contribution in [0.15, 0.2) is 60.7 Å². The highest BCUT2D eigenvalue weighted by atomic mass is 32.1. The highest BCUT2D eigenvalue weighted by Crippen LogP contribution is 2.38. The van der Waals surface area contributed by atoms with E-state index in [1.807, 2.05) is 60.7 Å². The number of rotatable bonds is 3. The molecule has 25 heavy (non-hydrogen) atoms. The quantitative estimate of drug-likeness (QED) is 0.374. The lowest BCUT2D eigenvalue weighted by molar-refractivity contribution is 1.03. The third-order valence-corrected chi connectivity index (χ3v) is 4.03. The Balaban J connectivity index is 2.07. The number of benzene rings is 2. The van der Waals surface area contributed by atoms with Gasteiger partial charge in [-0.25, -0.2) is 0 Å². The molecule has 4 rings (SSSR count). The Bertz CT molecular complexity index is 1050. The molecule has 4 aromatic rings. The first-order valence-corrected chi connectivity index (χ1v) is 8.45. The van der Waals surface area contributed by atoms with Gasteiger partial charge in [0.2, 0.25) is 0 Å². The standard InChI is InChI=1S/C18H13N5S2/c24-18(25)19-16-14-13(11-7-3-1-4-8-11)15(12-9-5-2-6-10-12)20-22-17(14)23-21-16/h1-10H,(H3,19,21,22,23,24,25). The van der Waals surface area contributed by atoms with Crippen molar-refractivity contribution in [3.05, 3.63) is 60.7 Å². The van der Waals surface area contributed by atoms with Gasteiger partial charge in [-0.15, -0.1) is 22.8 Å².